The molecular formula is C23H36N2O. The van der Waals surface area contributed by atoms with Crippen molar-refractivity contribution in [2.24, 2.45) is 11.7 Å². The van der Waals surface area contributed by atoms with Crippen LogP contribution >= 0.6 is 0 Å². The van der Waals surface area contributed by atoms with Crippen LogP contribution in [0.25, 0.3) is 0 Å². The average molecular weight is 357 g/mol. The minimum Gasteiger partial charge on any atom is -0.366 e. The number of carbonyl (C=O) groups excluding carboxylic acids is 1. The van der Waals surface area contributed by atoms with Crippen LogP contribution in [-0.2, 0) is 5.41 Å². The Labute approximate surface area is 159 Å². The molecule has 1 heterocycles. The number of piperidine rings is 1. The van der Waals surface area contributed by atoms with Crippen molar-refractivity contribution in [2.45, 2.75) is 89.0 Å². The number of benzene rings is 1. The second-order valence-corrected chi connectivity index (χ2v) is 8.84. The van der Waals surface area contributed by atoms with Gasteiger partial charge in [-0.05, 0) is 67.7 Å². The number of carbonyl (C=O) groups is 1. The van der Waals surface area contributed by atoms with Crippen LogP contribution in [0.2, 0.25) is 0 Å². The van der Waals surface area contributed by atoms with E-state index in [0.717, 1.165) is 6.54 Å². The molecule has 3 heteroatoms. The summed E-state index contributed by atoms with van der Waals surface area (Å²) in [5.41, 5.74) is 8.01. The average Bonchev–Trinajstić information content (AvgIpc) is 2.65. The first-order chi connectivity index (χ1) is 12.5. The molecule has 0 aromatic heterocycles. The fourth-order valence-corrected chi connectivity index (χ4v) is 5.58. The van der Waals surface area contributed by atoms with Crippen molar-refractivity contribution in [3.63, 3.8) is 0 Å². The number of hydrogen-bond acceptors (Lipinski definition) is 2. The van der Waals surface area contributed by atoms with Gasteiger partial charge in [-0.1, -0.05) is 58.1 Å². The topological polar surface area (TPSA) is 55.1 Å². The highest BCUT2D eigenvalue weighted by Gasteiger charge is 2.50. The molecule has 3 unspecified atom stereocenters. The monoisotopic (exact) mass is 356 g/mol. The lowest BCUT2D eigenvalue weighted by atomic mass is 9.56. The van der Waals surface area contributed by atoms with Gasteiger partial charge in [0.05, 0.1) is 0 Å². The Bertz CT molecular complexity index is 614. The lowest BCUT2D eigenvalue weighted by molar-refractivity contribution is 0.0520. The Morgan fingerprint density at radius 1 is 1.23 bits per heavy atom. The van der Waals surface area contributed by atoms with E-state index < -0.39 is 0 Å². The number of primary amides is 1. The molecule has 2 bridgehead atoms. The molecule has 1 aliphatic carbocycles. The maximum atomic E-state index is 11.7. The molecule has 144 valence electrons. The first-order valence-corrected chi connectivity index (χ1v) is 10.7. The number of hydrogen-bond donors (Lipinski definition) is 2. The summed E-state index contributed by atoms with van der Waals surface area (Å²) in [5, 5.41) is 3.94. The van der Waals surface area contributed by atoms with E-state index in [2.05, 4.69) is 31.3 Å². The molecule has 3 nitrogen and oxygen atoms in total. The van der Waals surface area contributed by atoms with Gasteiger partial charge in [-0.2, -0.15) is 0 Å². The fourth-order valence-electron chi connectivity index (χ4n) is 5.58. The molecule has 1 amide bonds. The number of fused-ring (bicyclic) bond motifs is 2. The van der Waals surface area contributed by atoms with Crippen LogP contribution < -0.4 is 11.1 Å². The summed E-state index contributed by atoms with van der Waals surface area (Å²) >= 11 is 0. The predicted octanol–water partition coefficient (Wildman–Crippen LogP) is 4.94. The fraction of sp³-hybridized carbons (Fsp3) is 0.696. The maximum absolute atomic E-state index is 11.7. The van der Waals surface area contributed by atoms with Gasteiger partial charge in [-0.25, -0.2) is 0 Å². The van der Waals surface area contributed by atoms with Crippen LogP contribution in [0.5, 0.6) is 0 Å². The lowest BCUT2D eigenvalue weighted by Crippen LogP contribution is -2.61. The maximum Gasteiger partial charge on any atom is 0.248 e. The summed E-state index contributed by atoms with van der Waals surface area (Å²) in [6.45, 7) is 5.82. The van der Waals surface area contributed by atoms with E-state index in [9.17, 15) is 4.79 Å². The van der Waals surface area contributed by atoms with Gasteiger partial charge in [0.25, 0.3) is 0 Å². The Morgan fingerprint density at radius 3 is 2.85 bits per heavy atom. The molecule has 2 aliphatic rings. The largest absolute Gasteiger partial charge is 0.366 e. The molecule has 0 spiro atoms. The van der Waals surface area contributed by atoms with Gasteiger partial charge in [-0.15, -0.1) is 0 Å². The second kappa shape index (κ2) is 8.12. The van der Waals surface area contributed by atoms with Crippen molar-refractivity contribution in [1.82, 2.24) is 5.32 Å². The van der Waals surface area contributed by atoms with Gasteiger partial charge in [-0.3, -0.25) is 4.79 Å². The molecule has 3 atom stereocenters. The smallest absolute Gasteiger partial charge is 0.248 e. The van der Waals surface area contributed by atoms with E-state index in [0.29, 0.717) is 11.5 Å². The van der Waals surface area contributed by atoms with E-state index in [1.165, 1.54) is 69.8 Å². The van der Waals surface area contributed by atoms with E-state index in [4.69, 9.17) is 5.73 Å². The van der Waals surface area contributed by atoms with Crippen LogP contribution in [0.3, 0.4) is 0 Å². The lowest BCUT2D eigenvalue weighted by Gasteiger charge is -2.56. The van der Waals surface area contributed by atoms with Crippen molar-refractivity contribution < 1.29 is 4.79 Å². The van der Waals surface area contributed by atoms with Crippen molar-refractivity contribution in [2.75, 3.05) is 6.54 Å². The van der Waals surface area contributed by atoms with Gasteiger partial charge >= 0.3 is 0 Å². The summed E-state index contributed by atoms with van der Waals surface area (Å²) in [6, 6.07) is 8.14. The molecule has 2 fully saturated rings. The Hall–Kier alpha value is -1.35. The molecule has 1 aromatic carbocycles. The van der Waals surface area contributed by atoms with Gasteiger partial charge in [0.15, 0.2) is 0 Å². The molecule has 1 aliphatic heterocycles. The van der Waals surface area contributed by atoms with E-state index in [-0.39, 0.29) is 16.9 Å². The zero-order valence-electron chi connectivity index (χ0n) is 16.7. The Kier molecular flexibility index (Phi) is 6.06. The third-order valence-electron chi connectivity index (χ3n) is 7.21. The minimum absolute atomic E-state index is 0.215. The van der Waals surface area contributed by atoms with E-state index >= 15 is 0 Å². The SMILES string of the molecule is CCCCCCC(C)C12CCCC(c3cccc(C(N)=O)c3)(CCN1)C2. The molecule has 1 aromatic rings. The van der Waals surface area contributed by atoms with Gasteiger partial charge < -0.3 is 11.1 Å². The van der Waals surface area contributed by atoms with Crippen molar-refractivity contribution in [1.29, 1.82) is 0 Å². The molecule has 1 saturated carbocycles. The number of amides is 1. The summed E-state index contributed by atoms with van der Waals surface area (Å²) in [6.07, 6.45) is 12.9. The molecule has 3 rings (SSSR count). The van der Waals surface area contributed by atoms with Crippen LogP contribution in [0.15, 0.2) is 24.3 Å². The third kappa shape index (κ3) is 3.83. The minimum atomic E-state index is -0.316. The zero-order chi connectivity index (χ0) is 18.6. The summed E-state index contributed by atoms with van der Waals surface area (Å²) < 4.78 is 0. The van der Waals surface area contributed by atoms with Crippen molar-refractivity contribution in [3.05, 3.63) is 35.4 Å². The van der Waals surface area contributed by atoms with Crippen LogP contribution in [0, 0.1) is 5.92 Å². The van der Waals surface area contributed by atoms with Gasteiger partial charge in [0, 0.05) is 11.1 Å². The standard InChI is InChI=1S/C23H36N2O/c1-3-4-5-6-9-18(2)23-13-8-12-22(17-23,14-15-25-23)20-11-7-10-19(16-20)21(24)26/h7,10-11,16,18,25H,3-6,8-9,12-15,17H2,1-2H3,(H2,24,26). The Morgan fingerprint density at radius 2 is 2.08 bits per heavy atom. The molecule has 3 N–H and O–H groups in total. The summed E-state index contributed by atoms with van der Waals surface area (Å²) in [5.74, 6) is 0.391. The third-order valence-corrected chi connectivity index (χ3v) is 7.21. The second-order valence-electron chi connectivity index (χ2n) is 8.84. The van der Waals surface area contributed by atoms with Crippen molar-refractivity contribution >= 4 is 5.91 Å². The molecular weight excluding hydrogens is 320 g/mol. The number of rotatable bonds is 8. The van der Waals surface area contributed by atoms with Crippen molar-refractivity contribution in [3.8, 4) is 0 Å². The molecule has 1 saturated heterocycles. The molecule has 26 heavy (non-hydrogen) atoms. The van der Waals surface area contributed by atoms with E-state index in [1.54, 1.807) is 0 Å². The van der Waals surface area contributed by atoms with Crippen LogP contribution in [0.1, 0.15) is 94.0 Å². The molecule has 0 radical (unpaired) electrons. The van der Waals surface area contributed by atoms with E-state index in [1.807, 2.05) is 12.1 Å². The first-order valence-electron chi connectivity index (χ1n) is 10.7. The normalized spacial score (nSPS) is 29.3. The van der Waals surface area contributed by atoms with Gasteiger partial charge in [0.2, 0.25) is 5.91 Å². The van der Waals surface area contributed by atoms with Gasteiger partial charge in [0.1, 0.15) is 0 Å². The zero-order valence-corrected chi connectivity index (χ0v) is 16.7. The predicted molar refractivity (Wildman–Crippen MR) is 108 cm³/mol. The highest BCUT2D eigenvalue weighted by Crippen LogP contribution is 2.51. The summed E-state index contributed by atoms with van der Waals surface area (Å²) in [7, 11) is 0. The highest BCUT2D eigenvalue weighted by molar-refractivity contribution is 5.92. The van der Waals surface area contributed by atoms with Crippen LogP contribution in [-0.4, -0.2) is 18.0 Å². The number of nitrogens with two attached hydrogens (primary N) is 1. The first kappa shape index (κ1) is 19.4. The highest BCUT2D eigenvalue weighted by atomic mass is 16.1. The van der Waals surface area contributed by atoms with Crippen LogP contribution in [0.4, 0.5) is 0 Å². The quantitative estimate of drug-likeness (QED) is 0.649. The number of nitrogens with one attached hydrogen (secondary N) is 1. The number of unbranched alkanes of at least 4 members (excludes halogenated alkanes) is 3. The Balaban J connectivity index is 1.79. The summed E-state index contributed by atoms with van der Waals surface area (Å²) in [4.78, 5) is 11.7.